The molecule has 35 heavy (non-hydrogen) atoms. The Hall–Kier alpha value is -3.91. The Balaban J connectivity index is 1.48. The molecule has 0 spiro atoms. The monoisotopic (exact) mass is 490 g/mol. The lowest BCUT2D eigenvalue weighted by atomic mass is 10.0. The molecular weight excluding hydrogens is 467 g/mol. The minimum atomic E-state index is -4.13. The number of halogens is 1. The van der Waals surface area contributed by atoms with Gasteiger partial charge in [0.2, 0.25) is 5.91 Å². The molecule has 1 aliphatic rings. The maximum absolute atomic E-state index is 13.6. The number of hydrogen-bond donors (Lipinski definition) is 1. The van der Waals surface area contributed by atoms with Gasteiger partial charge in [-0.3, -0.25) is 9.10 Å². The van der Waals surface area contributed by atoms with E-state index in [1.165, 1.54) is 54.6 Å². The fraction of sp³-hybridized carbons (Fsp3) is 0.148. The first-order valence-corrected chi connectivity index (χ1v) is 12.6. The van der Waals surface area contributed by atoms with Crippen molar-refractivity contribution in [2.45, 2.75) is 17.7 Å². The van der Waals surface area contributed by atoms with Crippen LogP contribution in [0.15, 0.2) is 83.8 Å². The quantitative estimate of drug-likeness (QED) is 0.399. The van der Waals surface area contributed by atoms with Gasteiger partial charge in [0, 0.05) is 11.1 Å². The van der Waals surface area contributed by atoms with E-state index in [1.54, 1.807) is 0 Å². The van der Waals surface area contributed by atoms with Crippen LogP contribution in [0.1, 0.15) is 11.1 Å². The summed E-state index contributed by atoms with van der Waals surface area (Å²) >= 11 is 0. The summed E-state index contributed by atoms with van der Waals surface area (Å²) in [5, 5.41) is 4.95. The van der Waals surface area contributed by atoms with Crippen molar-refractivity contribution in [3.63, 3.8) is 0 Å². The molecule has 8 heteroatoms. The minimum Gasteiger partial charge on any atom is -0.497 e. The number of ether oxygens (including phenoxy) is 1. The Morgan fingerprint density at radius 1 is 0.943 bits per heavy atom. The van der Waals surface area contributed by atoms with Crippen LogP contribution in [0.25, 0.3) is 10.8 Å². The number of nitrogens with one attached hydrogen (secondary N) is 1. The van der Waals surface area contributed by atoms with Gasteiger partial charge in [-0.25, -0.2) is 12.8 Å². The van der Waals surface area contributed by atoms with Crippen molar-refractivity contribution in [3.05, 3.63) is 95.8 Å². The lowest BCUT2D eigenvalue weighted by molar-refractivity contribution is -0.114. The van der Waals surface area contributed by atoms with Crippen LogP contribution >= 0.6 is 0 Å². The number of sulfonamides is 1. The second-order valence-electron chi connectivity index (χ2n) is 8.32. The molecule has 5 rings (SSSR count). The Morgan fingerprint density at radius 3 is 2.31 bits per heavy atom. The first-order chi connectivity index (χ1) is 16.9. The first kappa shape index (κ1) is 22.9. The maximum Gasteiger partial charge on any atom is 0.264 e. The average Bonchev–Trinajstić information content (AvgIpc) is 3.29. The molecule has 0 aromatic heterocycles. The van der Waals surface area contributed by atoms with Crippen LogP contribution in [0.3, 0.4) is 0 Å². The highest BCUT2D eigenvalue weighted by Gasteiger charge is 2.28. The molecule has 1 N–H and O–H groups in total. The van der Waals surface area contributed by atoms with Crippen molar-refractivity contribution < 1.29 is 22.3 Å². The van der Waals surface area contributed by atoms with E-state index in [0.29, 0.717) is 11.4 Å². The number of methoxy groups -OCH3 is 1. The van der Waals surface area contributed by atoms with E-state index >= 15 is 0 Å². The summed E-state index contributed by atoms with van der Waals surface area (Å²) in [5.74, 6) is -0.514. The topological polar surface area (TPSA) is 75.7 Å². The minimum absolute atomic E-state index is 0.0132. The highest BCUT2D eigenvalue weighted by Crippen LogP contribution is 2.35. The van der Waals surface area contributed by atoms with Crippen LogP contribution in [-0.2, 0) is 27.7 Å². The van der Waals surface area contributed by atoms with Gasteiger partial charge in [-0.15, -0.1) is 0 Å². The molecule has 6 nitrogen and oxygen atoms in total. The number of anilines is 2. The van der Waals surface area contributed by atoms with Crippen LogP contribution in [0.4, 0.5) is 15.8 Å². The Morgan fingerprint density at radius 2 is 1.63 bits per heavy atom. The summed E-state index contributed by atoms with van der Waals surface area (Å²) in [6.07, 6.45) is 1.92. The van der Waals surface area contributed by atoms with Gasteiger partial charge in [-0.1, -0.05) is 24.3 Å². The fourth-order valence-electron chi connectivity index (χ4n) is 4.47. The number of hydrogen-bond acceptors (Lipinski definition) is 4. The van der Waals surface area contributed by atoms with Gasteiger partial charge in [0.15, 0.2) is 0 Å². The standard InChI is InChI=1S/C27H23FN2O4S/c1-34-22-12-14-23(15-13-22)35(32,33)30(21-10-8-20(28)9-11-21)17-26(31)29-25-16-7-19-6-5-18-3-2-4-24(25)27(18)19/h2-4,7-16H,5-6,17H2,1H3,(H,29,31). The van der Waals surface area contributed by atoms with Gasteiger partial charge >= 0.3 is 0 Å². The van der Waals surface area contributed by atoms with Gasteiger partial charge in [0.1, 0.15) is 18.1 Å². The number of nitrogens with zero attached hydrogens (tertiary/aromatic N) is 1. The molecule has 4 aromatic carbocycles. The van der Waals surface area contributed by atoms with Crippen LogP contribution in [0, 0.1) is 5.82 Å². The average molecular weight is 491 g/mol. The van der Waals surface area contributed by atoms with Crippen molar-refractivity contribution in [1.82, 2.24) is 0 Å². The number of rotatable bonds is 7. The molecule has 0 bridgehead atoms. The van der Waals surface area contributed by atoms with E-state index in [1.807, 2.05) is 24.3 Å². The highest BCUT2D eigenvalue weighted by atomic mass is 32.2. The molecule has 0 unspecified atom stereocenters. The Labute approximate surface area is 203 Å². The Kier molecular flexibility index (Phi) is 5.90. The summed E-state index contributed by atoms with van der Waals surface area (Å²) in [5.41, 5.74) is 3.28. The highest BCUT2D eigenvalue weighted by molar-refractivity contribution is 7.92. The molecule has 0 heterocycles. The molecule has 0 aliphatic heterocycles. The van der Waals surface area contributed by atoms with E-state index in [2.05, 4.69) is 11.4 Å². The molecular formula is C27H23FN2O4S. The van der Waals surface area contributed by atoms with E-state index < -0.39 is 28.3 Å². The summed E-state index contributed by atoms with van der Waals surface area (Å²) < 4.78 is 46.7. The molecule has 1 amide bonds. The molecule has 0 radical (unpaired) electrons. The number of amides is 1. The van der Waals surface area contributed by atoms with Crippen LogP contribution in [-0.4, -0.2) is 28.0 Å². The third-order valence-electron chi connectivity index (χ3n) is 6.20. The van der Waals surface area contributed by atoms with Gasteiger partial charge in [-0.2, -0.15) is 0 Å². The predicted octanol–water partition coefficient (Wildman–Crippen LogP) is 4.92. The van der Waals surface area contributed by atoms with Gasteiger partial charge < -0.3 is 10.1 Å². The second-order valence-corrected chi connectivity index (χ2v) is 10.2. The van der Waals surface area contributed by atoms with Crippen molar-refractivity contribution in [2.24, 2.45) is 0 Å². The molecule has 178 valence electrons. The first-order valence-electron chi connectivity index (χ1n) is 11.1. The smallest absolute Gasteiger partial charge is 0.264 e. The summed E-state index contributed by atoms with van der Waals surface area (Å²) in [4.78, 5) is 13.1. The van der Waals surface area contributed by atoms with Crippen molar-refractivity contribution in [1.29, 1.82) is 0 Å². The van der Waals surface area contributed by atoms with E-state index in [9.17, 15) is 17.6 Å². The van der Waals surface area contributed by atoms with Crippen LogP contribution < -0.4 is 14.4 Å². The van der Waals surface area contributed by atoms with Crippen LogP contribution in [0.2, 0.25) is 0 Å². The normalized spacial score (nSPS) is 12.5. The lowest BCUT2D eigenvalue weighted by Crippen LogP contribution is -2.38. The van der Waals surface area contributed by atoms with Gasteiger partial charge in [0.05, 0.1) is 17.7 Å². The molecule has 1 aliphatic carbocycles. The maximum atomic E-state index is 13.6. The zero-order valence-electron chi connectivity index (χ0n) is 19.0. The summed E-state index contributed by atoms with van der Waals surface area (Å²) in [6, 6.07) is 20.7. The van der Waals surface area contributed by atoms with E-state index in [4.69, 9.17) is 4.74 Å². The number of carbonyl (C=O) groups is 1. The second kappa shape index (κ2) is 9.03. The van der Waals surface area contributed by atoms with Crippen molar-refractivity contribution in [2.75, 3.05) is 23.3 Å². The Bertz CT molecular complexity index is 1510. The SMILES string of the molecule is COc1ccc(S(=O)(=O)N(CC(=O)Nc2ccc3c4c(cccc24)CC3)c2ccc(F)cc2)cc1. The summed E-state index contributed by atoms with van der Waals surface area (Å²) in [6.45, 7) is -0.483. The van der Waals surface area contributed by atoms with Crippen molar-refractivity contribution in [3.8, 4) is 5.75 Å². The number of carbonyl (C=O) groups excluding carboxylic acids is 1. The molecule has 4 aromatic rings. The zero-order chi connectivity index (χ0) is 24.6. The van der Waals surface area contributed by atoms with Crippen LogP contribution in [0.5, 0.6) is 5.75 Å². The number of aryl methyl sites for hydroxylation is 2. The van der Waals surface area contributed by atoms with E-state index in [-0.39, 0.29) is 10.6 Å². The number of benzene rings is 4. The summed E-state index contributed by atoms with van der Waals surface area (Å²) in [7, 11) is -2.65. The van der Waals surface area contributed by atoms with Gasteiger partial charge in [-0.05, 0) is 84.0 Å². The molecule has 0 saturated heterocycles. The third kappa shape index (κ3) is 4.33. The third-order valence-corrected chi connectivity index (χ3v) is 7.99. The molecule has 0 atom stereocenters. The fourth-order valence-corrected chi connectivity index (χ4v) is 5.89. The largest absolute Gasteiger partial charge is 0.497 e. The van der Waals surface area contributed by atoms with Gasteiger partial charge in [0.25, 0.3) is 10.0 Å². The van der Waals surface area contributed by atoms with E-state index in [0.717, 1.165) is 40.1 Å². The zero-order valence-corrected chi connectivity index (χ0v) is 19.8. The predicted molar refractivity (Wildman–Crippen MR) is 134 cm³/mol. The molecule has 0 fully saturated rings. The molecule has 0 saturated carbocycles. The lowest BCUT2D eigenvalue weighted by Gasteiger charge is -2.24. The van der Waals surface area contributed by atoms with Crippen molar-refractivity contribution >= 4 is 38.1 Å².